The van der Waals surface area contributed by atoms with E-state index < -0.39 is 0 Å². The van der Waals surface area contributed by atoms with Crippen molar-refractivity contribution in [2.24, 2.45) is 5.73 Å². The van der Waals surface area contributed by atoms with Crippen LogP contribution in [0.1, 0.15) is 50.8 Å². The molecule has 0 aliphatic carbocycles. The molecule has 1 unspecified atom stereocenters. The third kappa shape index (κ3) is 4.75. The predicted octanol–water partition coefficient (Wildman–Crippen LogP) is 3.09. The molecule has 0 aliphatic heterocycles. The molecule has 0 saturated heterocycles. The highest BCUT2D eigenvalue weighted by atomic mass is 14.7. The van der Waals surface area contributed by atoms with Gasteiger partial charge in [0.25, 0.3) is 0 Å². The third-order valence-corrected chi connectivity index (χ3v) is 2.94. The molecule has 0 radical (unpaired) electrons. The second-order valence-corrected chi connectivity index (χ2v) is 4.47. The maximum atomic E-state index is 6.08. The Balaban J connectivity index is 2.34. The first-order valence-corrected chi connectivity index (χ1v) is 6.45. The molecule has 16 heavy (non-hydrogen) atoms. The zero-order valence-electron chi connectivity index (χ0n) is 10.6. The van der Waals surface area contributed by atoms with Crippen molar-refractivity contribution in [2.45, 2.75) is 58.4 Å². The molecule has 1 aromatic rings. The van der Waals surface area contributed by atoms with E-state index in [1.165, 1.54) is 24.8 Å². The first kappa shape index (κ1) is 13.2. The van der Waals surface area contributed by atoms with Crippen LogP contribution in [0.2, 0.25) is 0 Å². The highest BCUT2D eigenvalue weighted by molar-refractivity contribution is 5.14. The summed E-state index contributed by atoms with van der Waals surface area (Å²) in [5.41, 5.74) is 8.50. The Kier molecular flexibility index (Phi) is 6.09. The lowest BCUT2D eigenvalue weighted by molar-refractivity contribution is 0.552. The lowest BCUT2D eigenvalue weighted by Crippen LogP contribution is -2.23. The molecule has 2 N–H and O–H groups in total. The fraction of sp³-hybridized carbons (Fsp3) is 0.643. The van der Waals surface area contributed by atoms with Gasteiger partial charge in [0.15, 0.2) is 0 Å². The summed E-state index contributed by atoms with van der Waals surface area (Å²) in [7, 11) is 0. The van der Waals surface area contributed by atoms with E-state index in [0.717, 1.165) is 25.0 Å². The fourth-order valence-corrected chi connectivity index (χ4v) is 1.81. The van der Waals surface area contributed by atoms with Crippen molar-refractivity contribution in [3.8, 4) is 0 Å². The lowest BCUT2D eigenvalue weighted by Gasteiger charge is -2.10. The van der Waals surface area contributed by atoms with Crippen LogP contribution in [0.3, 0.4) is 0 Å². The molecule has 1 heterocycles. The Hall–Kier alpha value is -0.890. The SMILES string of the molecule is CCCCCC(N)Cc1ccc(CC)cn1. The maximum absolute atomic E-state index is 6.08. The Morgan fingerprint density at radius 1 is 1.25 bits per heavy atom. The molecule has 1 atom stereocenters. The van der Waals surface area contributed by atoms with Gasteiger partial charge in [0.05, 0.1) is 0 Å². The highest BCUT2D eigenvalue weighted by Gasteiger charge is 2.04. The summed E-state index contributed by atoms with van der Waals surface area (Å²) in [5, 5.41) is 0. The molecule has 0 bridgehead atoms. The molecule has 0 fully saturated rings. The number of aryl methyl sites for hydroxylation is 1. The quantitative estimate of drug-likeness (QED) is 0.717. The minimum absolute atomic E-state index is 0.270. The molecule has 90 valence electrons. The summed E-state index contributed by atoms with van der Waals surface area (Å²) in [6.45, 7) is 4.36. The van der Waals surface area contributed by atoms with Gasteiger partial charge in [-0.05, 0) is 24.5 Å². The van der Waals surface area contributed by atoms with Crippen LogP contribution in [-0.2, 0) is 12.8 Å². The Labute approximate surface area is 99.3 Å². The van der Waals surface area contributed by atoms with Crippen molar-refractivity contribution >= 4 is 0 Å². The minimum atomic E-state index is 0.270. The first-order valence-electron chi connectivity index (χ1n) is 6.45. The van der Waals surface area contributed by atoms with Crippen molar-refractivity contribution in [2.75, 3.05) is 0 Å². The van der Waals surface area contributed by atoms with Crippen molar-refractivity contribution in [1.29, 1.82) is 0 Å². The van der Waals surface area contributed by atoms with Crippen LogP contribution in [-0.4, -0.2) is 11.0 Å². The van der Waals surface area contributed by atoms with Crippen molar-refractivity contribution in [3.05, 3.63) is 29.6 Å². The lowest BCUT2D eigenvalue weighted by atomic mass is 10.0. The first-order chi connectivity index (χ1) is 7.76. The smallest absolute Gasteiger partial charge is 0.0419 e. The highest BCUT2D eigenvalue weighted by Crippen LogP contribution is 2.07. The van der Waals surface area contributed by atoms with Crippen LogP contribution in [0.4, 0.5) is 0 Å². The predicted molar refractivity (Wildman–Crippen MR) is 69.4 cm³/mol. The van der Waals surface area contributed by atoms with Crippen molar-refractivity contribution in [3.63, 3.8) is 0 Å². The summed E-state index contributed by atoms with van der Waals surface area (Å²) in [6.07, 6.45) is 8.83. The zero-order chi connectivity index (χ0) is 11.8. The van der Waals surface area contributed by atoms with Gasteiger partial charge in [0.1, 0.15) is 0 Å². The molecule has 2 nitrogen and oxygen atoms in total. The number of hydrogen-bond donors (Lipinski definition) is 1. The number of aromatic nitrogens is 1. The topological polar surface area (TPSA) is 38.9 Å². The van der Waals surface area contributed by atoms with E-state index in [-0.39, 0.29) is 6.04 Å². The van der Waals surface area contributed by atoms with Crippen LogP contribution in [0.5, 0.6) is 0 Å². The molecule has 0 amide bonds. The van der Waals surface area contributed by atoms with E-state index in [1.54, 1.807) is 0 Å². The van der Waals surface area contributed by atoms with Crippen molar-refractivity contribution < 1.29 is 0 Å². The Morgan fingerprint density at radius 3 is 2.62 bits per heavy atom. The Morgan fingerprint density at radius 2 is 2.06 bits per heavy atom. The average molecular weight is 220 g/mol. The molecule has 0 aromatic carbocycles. The van der Waals surface area contributed by atoms with Gasteiger partial charge in [-0.25, -0.2) is 0 Å². The van der Waals surface area contributed by atoms with Gasteiger partial charge in [0, 0.05) is 24.4 Å². The van der Waals surface area contributed by atoms with Crippen molar-refractivity contribution in [1.82, 2.24) is 4.98 Å². The third-order valence-electron chi connectivity index (χ3n) is 2.94. The average Bonchev–Trinajstić information content (AvgIpc) is 2.30. The zero-order valence-corrected chi connectivity index (χ0v) is 10.6. The van der Waals surface area contributed by atoms with Crippen LogP contribution in [0.15, 0.2) is 18.3 Å². The molecule has 2 heteroatoms. The van der Waals surface area contributed by atoms with Gasteiger partial charge in [-0.2, -0.15) is 0 Å². The number of unbranched alkanes of at least 4 members (excludes halogenated alkanes) is 2. The summed E-state index contributed by atoms with van der Waals surface area (Å²) >= 11 is 0. The molecular weight excluding hydrogens is 196 g/mol. The molecule has 0 saturated carbocycles. The van der Waals surface area contributed by atoms with Crippen LogP contribution >= 0.6 is 0 Å². The summed E-state index contributed by atoms with van der Waals surface area (Å²) in [5.74, 6) is 0. The molecule has 1 rings (SSSR count). The van der Waals surface area contributed by atoms with Gasteiger partial charge in [-0.15, -0.1) is 0 Å². The van der Waals surface area contributed by atoms with Crippen LogP contribution in [0, 0.1) is 0 Å². The summed E-state index contributed by atoms with van der Waals surface area (Å²) in [6, 6.07) is 4.53. The molecule has 0 aliphatic rings. The second kappa shape index (κ2) is 7.39. The van der Waals surface area contributed by atoms with Gasteiger partial charge < -0.3 is 5.73 Å². The Bertz CT molecular complexity index is 279. The van der Waals surface area contributed by atoms with E-state index >= 15 is 0 Å². The van der Waals surface area contributed by atoms with Crippen LogP contribution in [0.25, 0.3) is 0 Å². The minimum Gasteiger partial charge on any atom is -0.327 e. The van der Waals surface area contributed by atoms with E-state index in [0.29, 0.717) is 0 Å². The maximum Gasteiger partial charge on any atom is 0.0419 e. The summed E-state index contributed by atoms with van der Waals surface area (Å²) in [4.78, 5) is 4.44. The summed E-state index contributed by atoms with van der Waals surface area (Å²) < 4.78 is 0. The number of nitrogens with zero attached hydrogens (tertiary/aromatic N) is 1. The standard InChI is InChI=1S/C14H24N2/c1-3-5-6-7-13(15)10-14-9-8-12(4-2)11-16-14/h8-9,11,13H,3-7,10,15H2,1-2H3. The van der Waals surface area contributed by atoms with E-state index in [4.69, 9.17) is 5.73 Å². The number of rotatable bonds is 7. The largest absolute Gasteiger partial charge is 0.327 e. The van der Waals surface area contributed by atoms with Crippen LogP contribution < -0.4 is 5.73 Å². The number of hydrogen-bond acceptors (Lipinski definition) is 2. The van der Waals surface area contributed by atoms with Gasteiger partial charge in [0.2, 0.25) is 0 Å². The normalized spacial score (nSPS) is 12.7. The number of pyridine rings is 1. The fourth-order valence-electron chi connectivity index (χ4n) is 1.81. The number of nitrogens with two attached hydrogens (primary N) is 1. The van der Waals surface area contributed by atoms with E-state index in [1.807, 2.05) is 6.20 Å². The van der Waals surface area contributed by atoms with Gasteiger partial charge in [-0.1, -0.05) is 39.2 Å². The van der Waals surface area contributed by atoms with Gasteiger partial charge in [-0.3, -0.25) is 4.98 Å². The molecular formula is C14H24N2. The van der Waals surface area contributed by atoms with E-state index in [2.05, 4.69) is 31.0 Å². The molecule has 0 spiro atoms. The van der Waals surface area contributed by atoms with Gasteiger partial charge >= 0.3 is 0 Å². The second-order valence-electron chi connectivity index (χ2n) is 4.47. The molecule has 1 aromatic heterocycles. The monoisotopic (exact) mass is 220 g/mol. The van der Waals surface area contributed by atoms with E-state index in [9.17, 15) is 0 Å².